The molecule has 2 rings (SSSR count). The highest BCUT2D eigenvalue weighted by molar-refractivity contribution is 8.01. The molecule has 19 heavy (non-hydrogen) atoms. The molecular formula is C13H12ClNO3S. The van der Waals surface area contributed by atoms with Gasteiger partial charge in [0, 0.05) is 9.93 Å². The molecule has 1 N–H and O–H groups in total. The van der Waals surface area contributed by atoms with E-state index in [1.54, 1.807) is 0 Å². The smallest absolute Gasteiger partial charge is 0.307 e. The van der Waals surface area contributed by atoms with Crippen molar-refractivity contribution < 1.29 is 14.3 Å². The van der Waals surface area contributed by atoms with Crippen LogP contribution >= 0.6 is 23.4 Å². The van der Waals surface area contributed by atoms with Crippen molar-refractivity contribution in [3.05, 3.63) is 35.9 Å². The lowest BCUT2D eigenvalue weighted by Gasteiger charge is -2.23. The zero-order valence-electron chi connectivity index (χ0n) is 10.0. The van der Waals surface area contributed by atoms with Gasteiger partial charge in [-0.3, -0.25) is 9.59 Å². The Labute approximate surface area is 120 Å². The Balaban J connectivity index is 1.97. The highest BCUT2D eigenvalue weighted by atomic mass is 35.5. The van der Waals surface area contributed by atoms with Crippen LogP contribution in [-0.2, 0) is 14.3 Å². The molecule has 1 unspecified atom stereocenters. The van der Waals surface area contributed by atoms with Crippen LogP contribution in [0.25, 0.3) is 0 Å². The zero-order chi connectivity index (χ0) is 13.8. The van der Waals surface area contributed by atoms with Gasteiger partial charge in [-0.25, -0.2) is 0 Å². The third-order valence-electron chi connectivity index (χ3n) is 2.45. The minimum atomic E-state index is -0.481. The van der Waals surface area contributed by atoms with Crippen LogP contribution in [0.1, 0.15) is 6.42 Å². The average Bonchev–Trinajstić information content (AvgIpc) is 2.37. The maximum absolute atomic E-state index is 11.8. The number of halogens is 1. The summed E-state index contributed by atoms with van der Waals surface area (Å²) in [5, 5.41) is 2.54. The predicted molar refractivity (Wildman–Crippen MR) is 75.3 cm³/mol. The molecule has 0 aliphatic carbocycles. The number of esters is 1. The molecule has 0 bridgehead atoms. The van der Waals surface area contributed by atoms with E-state index < -0.39 is 11.2 Å². The molecule has 4 nitrogen and oxygen atoms in total. The number of nitrogens with one attached hydrogen (secondary N) is 1. The lowest BCUT2D eigenvalue weighted by atomic mass is 10.2. The van der Waals surface area contributed by atoms with Crippen molar-refractivity contribution in [1.29, 1.82) is 0 Å². The van der Waals surface area contributed by atoms with Gasteiger partial charge < -0.3 is 10.1 Å². The third kappa shape index (κ3) is 3.75. The number of fused-ring (bicyclic) bond motifs is 1. The summed E-state index contributed by atoms with van der Waals surface area (Å²) in [6.45, 7) is 3.39. The minimum Gasteiger partial charge on any atom is -0.460 e. The number of rotatable bonds is 4. The van der Waals surface area contributed by atoms with E-state index in [4.69, 9.17) is 16.3 Å². The van der Waals surface area contributed by atoms with Crippen molar-refractivity contribution >= 4 is 40.9 Å². The van der Waals surface area contributed by atoms with Crippen molar-refractivity contribution in [2.45, 2.75) is 16.6 Å². The lowest BCUT2D eigenvalue weighted by molar-refractivity contribution is -0.143. The van der Waals surface area contributed by atoms with Crippen molar-refractivity contribution in [1.82, 2.24) is 0 Å². The fraction of sp³-hybridized carbons (Fsp3) is 0.231. The number of ether oxygens (including phenoxy) is 1. The quantitative estimate of drug-likeness (QED) is 0.868. The molecule has 6 heteroatoms. The Bertz CT molecular complexity index is 532. The highest BCUT2D eigenvalue weighted by Crippen LogP contribution is 2.36. The van der Waals surface area contributed by atoms with E-state index in [1.165, 1.54) is 11.8 Å². The Kier molecular flexibility index (Phi) is 4.50. The molecule has 0 spiro atoms. The normalized spacial score (nSPS) is 17.3. The van der Waals surface area contributed by atoms with E-state index in [-0.39, 0.29) is 24.0 Å². The SMILES string of the molecule is C=C(Cl)COC(=O)CC1Sc2ccccc2NC1=O. The summed E-state index contributed by atoms with van der Waals surface area (Å²) in [6, 6.07) is 7.46. The van der Waals surface area contributed by atoms with E-state index in [0.717, 1.165) is 10.6 Å². The van der Waals surface area contributed by atoms with E-state index >= 15 is 0 Å². The summed E-state index contributed by atoms with van der Waals surface area (Å²) in [7, 11) is 0. The average molecular weight is 298 g/mol. The highest BCUT2D eigenvalue weighted by Gasteiger charge is 2.29. The van der Waals surface area contributed by atoms with E-state index in [2.05, 4.69) is 11.9 Å². The minimum absolute atomic E-state index is 0.00893. The predicted octanol–water partition coefficient (Wildman–Crippen LogP) is 2.79. The van der Waals surface area contributed by atoms with Crippen molar-refractivity contribution in [3.8, 4) is 0 Å². The fourth-order valence-electron chi connectivity index (χ4n) is 1.60. The number of carbonyl (C=O) groups is 2. The summed E-state index contributed by atoms with van der Waals surface area (Å²) in [4.78, 5) is 24.4. The first-order valence-corrected chi connectivity index (χ1v) is 6.87. The maximum Gasteiger partial charge on any atom is 0.307 e. The summed E-state index contributed by atoms with van der Waals surface area (Å²) in [6.07, 6.45) is 0.00893. The van der Waals surface area contributed by atoms with Gasteiger partial charge in [0.05, 0.1) is 17.4 Å². The summed E-state index contributed by atoms with van der Waals surface area (Å²) in [5.41, 5.74) is 0.774. The van der Waals surface area contributed by atoms with E-state index in [0.29, 0.717) is 0 Å². The lowest BCUT2D eigenvalue weighted by Crippen LogP contribution is -2.31. The second kappa shape index (κ2) is 6.12. The zero-order valence-corrected chi connectivity index (χ0v) is 11.6. The molecule has 1 amide bonds. The van der Waals surface area contributed by atoms with Gasteiger partial charge in [0.15, 0.2) is 0 Å². The number of hydrogen-bond acceptors (Lipinski definition) is 4. The number of thioether (sulfide) groups is 1. The van der Waals surface area contributed by atoms with Crippen LogP contribution in [0.5, 0.6) is 0 Å². The third-order valence-corrected chi connectivity index (χ3v) is 3.83. The van der Waals surface area contributed by atoms with Gasteiger partial charge >= 0.3 is 5.97 Å². The Morgan fingerprint density at radius 3 is 2.95 bits per heavy atom. The summed E-state index contributed by atoms with van der Waals surface area (Å²) >= 11 is 6.86. The van der Waals surface area contributed by atoms with Crippen LogP contribution < -0.4 is 5.32 Å². The Hall–Kier alpha value is -1.46. The molecule has 0 aromatic heterocycles. The number of amides is 1. The van der Waals surface area contributed by atoms with Crippen LogP contribution in [-0.4, -0.2) is 23.7 Å². The first-order valence-electron chi connectivity index (χ1n) is 5.61. The first-order chi connectivity index (χ1) is 9.06. The van der Waals surface area contributed by atoms with Crippen LogP contribution in [0.2, 0.25) is 0 Å². The summed E-state index contributed by atoms with van der Waals surface area (Å²) < 4.78 is 4.88. The largest absolute Gasteiger partial charge is 0.460 e. The Morgan fingerprint density at radius 1 is 1.47 bits per heavy atom. The molecular weight excluding hydrogens is 286 g/mol. The molecule has 1 aromatic carbocycles. The van der Waals surface area contributed by atoms with Crippen molar-refractivity contribution in [2.24, 2.45) is 0 Å². The molecule has 0 saturated heterocycles. The summed E-state index contributed by atoms with van der Waals surface area (Å²) in [5.74, 6) is -0.654. The monoisotopic (exact) mass is 297 g/mol. The van der Waals surface area contributed by atoms with Crippen LogP contribution in [0.15, 0.2) is 40.8 Å². The standard InChI is InChI=1S/C13H12ClNO3S/c1-8(14)7-18-12(16)6-11-13(17)15-9-4-2-3-5-10(9)19-11/h2-5,11H,1,6-7H2,(H,15,17). The molecule has 0 radical (unpaired) electrons. The number of para-hydroxylation sites is 1. The fourth-order valence-corrected chi connectivity index (χ4v) is 2.75. The van der Waals surface area contributed by atoms with Crippen molar-refractivity contribution in [3.63, 3.8) is 0 Å². The van der Waals surface area contributed by atoms with Crippen molar-refractivity contribution in [2.75, 3.05) is 11.9 Å². The van der Waals surface area contributed by atoms with Gasteiger partial charge in [-0.2, -0.15) is 0 Å². The molecule has 1 aromatic rings. The molecule has 1 heterocycles. The second-order valence-electron chi connectivity index (χ2n) is 3.97. The molecule has 1 aliphatic heterocycles. The first kappa shape index (κ1) is 14.0. The van der Waals surface area contributed by atoms with Gasteiger partial charge in [-0.1, -0.05) is 30.3 Å². The van der Waals surface area contributed by atoms with E-state index in [9.17, 15) is 9.59 Å². The molecule has 1 atom stereocenters. The second-order valence-corrected chi connectivity index (χ2v) is 5.75. The van der Waals surface area contributed by atoms with Crippen LogP contribution in [0.3, 0.4) is 0 Å². The number of anilines is 1. The Morgan fingerprint density at radius 2 is 2.21 bits per heavy atom. The topological polar surface area (TPSA) is 55.4 Å². The molecule has 100 valence electrons. The van der Waals surface area contributed by atoms with E-state index in [1.807, 2.05) is 24.3 Å². The van der Waals surface area contributed by atoms with Gasteiger partial charge in [-0.15, -0.1) is 11.8 Å². The number of carbonyl (C=O) groups excluding carboxylic acids is 2. The number of hydrogen-bond donors (Lipinski definition) is 1. The molecule has 1 aliphatic rings. The van der Waals surface area contributed by atoms with Crippen LogP contribution in [0, 0.1) is 0 Å². The van der Waals surface area contributed by atoms with Gasteiger partial charge in [-0.05, 0) is 12.1 Å². The molecule has 0 saturated carbocycles. The number of benzene rings is 1. The van der Waals surface area contributed by atoms with Gasteiger partial charge in [0.1, 0.15) is 6.61 Å². The molecule has 0 fully saturated rings. The van der Waals surface area contributed by atoms with Crippen LogP contribution in [0.4, 0.5) is 5.69 Å². The maximum atomic E-state index is 11.8. The van der Waals surface area contributed by atoms with Gasteiger partial charge in [0.25, 0.3) is 0 Å². The van der Waals surface area contributed by atoms with Gasteiger partial charge in [0.2, 0.25) is 5.91 Å².